The molecule has 88 valence electrons. The number of hydrogen-bond donors (Lipinski definition) is 1. The lowest BCUT2D eigenvalue weighted by Gasteiger charge is -2.45. The van der Waals surface area contributed by atoms with Gasteiger partial charge in [-0.3, -0.25) is 9.48 Å². The summed E-state index contributed by atoms with van der Waals surface area (Å²) in [4.78, 5) is 13.9. The van der Waals surface area contributed by atoms with Crippen LogP contribution in [0.3, 0.4) is 0 Å². The summed E-state index contributed by atoms with van der Waals surface area (Å²) in [5, 5.41) is 4.27. The third-order valence-electron chi connectivity index (χ3n) is 2.81. The van der Waals surface area contributed by atoms with Gasteiger partial charge in [0.2, 0.25) is 0 Å². The summed E-state index contributed by atoms with van der Waals surface area (Å²) in [5.74, 6) is 0.0328. The number of rotatable bonds is 2. The van der Waals surface area contributed by atoms with E-state index >= 15 is 0 Å². The van der Waals surface area contributed by atoms with Gasteiger partial charge in [-0.1, -0.05) is 0 Å². The molecule has 1 aliphatic rings. The monoisotopic (exact) mass is 222 g/mol. The molecule has 0 aliphatic carbocycles. The van der Waals surface area contributed by atoms with Gasteiger partial charge in [0.1, 0.15) is 5.69 Å². The van der Waals surface area contributed by atoms with E-state index in [4.69, 9.17) is 5.73 Å². The van der Waals surface area contributed by atoms with Crippen molar-refractivity contribution in [2.45, 2.75) is 32.9 Å². The molecule has 0 spiro atoms. The lowest BCUT2D eigenvalue weighted by molar-refractivity contribution is 0.0441. The van der Waals surface area contributed by atoms with Crippen molar-refractivity contribution < 1.29 is 4.79 Å². The SMILES string of the molecule is CCn1nc(C)cc1C(=O)N1CC(C)(N)C1. The van der Waals surface area contributed by atoms with Crippen LogP contribution in [0.4, 0.5) is 0 Å². The lowest BCUT2D eigenvalue weighted by Crippen LogP contribution is -2.66. The molecule has 1 aliphatic heterocycles. The van der Waals surface area contributed by atoms with Gasteiger partial charge in [-0.25, -0.2) is 0 Å². The van der Waals surface area contributed by atoms with Gasteiger partial charge in [0.05, 0.1) is 5.69 Å². The van der Waals surface area contributed by atoms with Crippen molar-refractivity contribution in [2.24, 2.45) is 5.73 Å². The highest BCUT2D eigenvalue weighted by Gasteiger charge is 2.39. The van der Waals surface area contributed by atoms with Crippen molar-refractivity contribution >= 4 is 5.91 Å². The topological polar surface area (TPSA) is 64.2 Å². The molecule has 2 N–H and O–H groups in total. The molecular weight excluding hydrogens is 204 g/mol. The average molecular weight is 222 g/mol. The molecule has 5 heteroatoms. The van der Waals surface area contributed by atoms with Crippen LogP contribution in [-0.4, -0.2) is 39.2 Å². The molecule has 0 unspecified atom stereocenters. The first-order valence-electron chi connectivity index (χ1n) is 5.55. The van der Waals surface area contributed by atoms with Gasteiger partial charge in [-0.15, -0.1) is 0 Å². The van der Waals surface area contributed by atoms with Crippen molar-refractivity contribution in [3.8, 4) is 0 Å². The minimum absolute atomic E-state index is 0.0328. The predicted molar refractivity (Wildman–Crippen MR) is 61.1 cm³/mol. The zero-order chi connectivity index (χ0) is 11.9. The fourth-order valence-corrected chi connectivity index (χ4v) is 2.09. The van der Waals surface area contributed by atoms with Gasteiger partial charge < -0.3 is 10.6 Å². The number of carbonyl (C=O) groups is 1. The maximum atomic E-state index is 12.1. The van der Waals surface area contributed by atoms with Crippen molar-refractivity contribution in [2.75, 3.05) is 13.1 Å². The van der Waals surface area contributed by atoms with Crippen molar-refractivity contribution in [1.82, 2.24) is 14.7 Å². The summed E-state index contributed by atoms with van der Waals surface area (Å²) in [6.07, 6.45) is 0. The zero-order valence-electron chi connectivity index (χ0n) is 10.0. The van der Waals surface area contributed by atoms with Crippen LogP contribution in [0.5, 0.6) is 0 Å². The van der Waals surface area contributed by atoms with Crippen LogP contribution < -0.4 is 5.73 Å². The second-order valence-corrected chi connectivity index (χ2v) is 4.80. The highest BCUT2D eigenvalue weighted by atomic mass is 16.2. The summed E-state index contributed by atoms with van der Waals surface area (Å²) in [7, 11) is 0. The molecule has 1 aromatic heterocycles. The van der Waals surface area contributed by atoms with E-state index in [1.807, 2.05) is 26.8 Å². The molecule has 1 aromatic rings. The Balaban J connectivity index is 2.15. The van der Waals surface area contributed by atoms with E-state index < -0.39 is 0 Å². The van der Waals surface area contributed by atoms with E-state index in [1.165, 1.54) is 0 Å². The molecular formula is C11H18N4O. The quantitative estimate of drug-likeness (QED) is 0.787. The Morgan fingerprint density at radius 2 is 2.25 bits per heavy atom. The minimum Gasteiger partial charge on any atom is -0.334 e. The average Bonchev–Trinajstić information content (AvgIpc) is 2.54. The van der Waals surface area contributed by atoms with Crippen LogP contribution in [0.1, 0.15) is 30.0 Å². The largest absolute Gasteiger partial charge is 0.334 e. The number of aryl methyl sites for hydroxylation is 2. The molecule has 1 saturated heterocycles. The van der Waals surface area contributed by atoms with E-state index in [1.54, 1.807) is 9.58 Å². The van der Waals surface area contributed by atoms with Crippen molar-refractivity contribution in [1.29, 1.82) is 0 Å². The van der Waals surface area contributed by atoms with E-state index in [2.05, 4.69) is 5.10 Å². The number of nitrogens with zero attached hydrogens (tertiary/aromatic N) is 3. The summed E-state index contributed by atoms with van der Waals surface area (Å²) >= 11 is 0. The molecule has 0 radical (unpaired) electrons. The Morgan fingerprint density at radius 1 is 1.62 bits per heavy atom. The van der Waals surface area contributed by atoms with Crippen molar-refractivity contribution in [3.05, 3.63) is 17.5 Å². The highest BCUT2D eigenvalue weighted by molar-refractivity contribution is 5.93. The summed E-state index contributed by atoms with van der Waals surface area (Å²) in [5.41, 5.74) is 7.21. The van der Waals surface area contributed by atoms with Crippen molar-refractivity contribution in [3.63, 3.8) is 0 Å². The summed E-state index contributed by atoms with van der Waals surface area (Å²) in [6.45, 7) is 7.79. The first-order chi connectivity index (χ1) is 7.43. The third kappa shape index (κ3) is 1.82. The molecule has 2 heterocycles. The fourth-order valence-electron chi connectivity index (χ4n) is 2.09. The molecule has 1 amide bonds. The van der Waals surface area contributed by atoms with Gasteiger partial charge in [-0.2, -0.15) is 5.10 Å². The van der Waals surface area contributed by atoms with Gasteiger partial charge in [0, 0.05) is 25.2 Å². The number of amides is 1. The second-order valence-electron chi connectivity index (χ2n) is 4.80. The molecule has 1 fully saturated rings. The molecule has 0 aromatic carbocycles. The standard InChI is InChI=1S/C11H18N4O/c1-4-15-9(5-8(2)13-15)10(16)14-6-11(3,12)7-14/h5H,4,6-7,12H2,1-3H3. The van der Waals surface area contributed by atoms with E-state index in [9.17, 15) is 4.79 Å². The Hall–Kier alpha value is -1.36. The Kier molecular flexibility index (Phi) is 2.50. The number of nitrogens with two attached hydrogens (primary N) is 1. The van der Waals surface area contributed by atoms with Crippen LogP contribution in [-0.2, 0) is 6.54 Å². The molecule has 0 atom stereocenters. The van der Waals surface area contributed by atoms with Crippen LogP contribution >= 0.6 is 0 Å². The third-order valence-corrected chi connectivity index (χ3v) is 2.81. The number of hydrogen-bond acceptors (Lipinski definition) is 3. The fraction of sp³-hybridized carbons (Fsp3) is 0.636. The van der Waals surface area contributed by atoms with Gasteiger partial charge in [-0.05, 0) is 26.8 Å². The van der Waals surface area contributed by atoms with Crippen LogP contribution in [0.25, 0.3) is 0 Å². The van der Waals surface area contributed by atoms with Crippen LogP contribution in [0.2, 0.25) is 0 Å². The lowest BCUT2D eigenvalue weighted by atomic mass is 9.93. The first-order valence-corrected chi connectivity index (χ1v) is 5.55. The van der Waals surface area contributed by atoms with Crippen LogP contribution in [0.15, 0.2) is 6.07 Å². The normalized spacial score (nSPS) is 18.4. The molecule has 0 saturated carbocycles. The van der Waals surface area contributed by atoms with E-state index in [0.717, 1.165) is 5.69 Å². The number of aromatic nitrogens is 2. The maximum Gasteiger partial charge on any atom is 0.272 e. The Morgan fingerprint density at radius 3 is 2.75 bits per heavy atom. The zero-order valence-corrected chi connectivity index (χ0v) is 10.0. The predicted octanol–water partition coefficient (Wildman–Crippen LogP) is 0.385. The molecule has 0 bridgehead atoms. The Labute approximate surface area is 95.2 Å². The van der Waals surface area contributed by atoms with Gasteiger partial charge >= 0.3 is 0 Å². The van der Waals surface area contributed by atoms with Gasteiger partial charge in [0.25, 0.3) is 5.91 Å². The molecule has 5 nitrogen and oxygen atoms in total. The van der Waals surface area contributed by atoms with E-state index in [0.29, 0.717) is 25.3 Å². The highest BCUT2D eigenvalue weighted by Crippen LogP contribution is 2.20. The minimum atomic E-state index is -0.220. The molecule has 2 rings (SSSR count). The first kappa shape index (κ1) is 11.1. The Bertz CT molecular complexity index is 414. The summed E-state index contributed by atoms with van der Waals surface area (Å²) < 4.78 is 1.74. The number of carbonyl (C=O) groups excluding carboxylic acids is 1. The second kappa shape index (κ2) is 3.59. The molecule has 16 heavy (non-hydrogen) atoms. The summed E-state index contributed by atoms with van der Waals surface area (Å²) in [6, 6.07) is 1.83. The maximum absolute atomic E-state index is 12.1. The number of likely N-dealkylation sites (tertiary alicyclic amines) is 1. The van der Waals surface area contributed by atoms with Crippen LogP contribution in [0, 0.1) is 6.92 Å². The van der Waals surface area contributed by atoms with Gasteiger partial charge in [0.15, 0.2) is 0 Å². The smallest absolute Gasteiger partial charge is 0.272 e. The van der Waals surface area contributed by atoms with E-state index in [-0.39, 0.29) is 11.4 Å².